The Morgan fingerprint density at radius 1 is 1.03 bits per heavy atom. The summed E-state index contributed by atoms with van der Waals surface area (Å²) in [6.45, 7) is 3.86. The second kappa shape index (κ2) is 9.37. The fraction of sp³-hybridized carbons (Fsp3) is 0.375. The molecule has 3 aromatic rings. The summed E-state index contributed by atoms with van der Waals surface area (Å²) in [5, 5.41) is 0.212. The molecular weight excluding hydrogens is 393 g/mol. The second-order valence-corrected chi connectivity index (χ2v) is 7.25. The van der Waals surface area contributed by atoms with Crippen molar-refractivity contribution in [3.8, 4) is 5.75 Å². The first-order chi connectivity index (χ1) is 14.4. The Morgan fingerprint density at radius 2 is 1.77 bits per heavy atom. The molecule has 2 aromatic carbocycles. The number of ether oxygens (including phenoxy) is 1. The summed E-state index contributed by atoms with van der Waals surface area (Å²) in [4.78, 5) is 12.5. The van der Waals surface area contributed by atoms with Crippen LogP contribution in [-0.2, 0) is 18.8 Å². The van der Waals surface area contributed by atoms with E-state index >= 15 is 8.78 Å². The number of unbranched alkanes of at least 4 members (excludes halogenated alkanes) is 1. The number of benzene rings is 2. The highest BCUT2D eigenvalue weighted by Crippen LogP contribution is 2.38. The average molecular weight is 418 g/mol. The number of alkyl halides is 2. The molecule has 0 radical (unpaired) electrons. The molecule has 0 saturated carbocycles. The maximum atomic E-state index is 15.2. The molecule has 0 bridgehead atoms. The molecule has 0 unspecified atom stereocenters. The summed E-state index contributed by atoms with van der Waals surface area (Å²) in [5.41, 5.74) is 0.0446. The first-order valence-electron chi connectivity index (χ1n) is 10.2. The Balaban J connectivity index is 2.11. The van der Waals surface area contributed by atoms with Crippen molar-refractivity contribution in [3.05, 3.63) is 75.6 Å². The molecular formula is C24H25F3O3. The largest absolute Gasteiger partial charge is 0.491 e. The first kappa shape index (κ1) is 21.9. The third-order valence-corrected chi connectivity index (χ3v) is 5.07. The van der Waals surface area contributed by atoms with Crippen molar-refractivity contribution in [2.45, 2.75) is 51.9 Å². The van der Waals surface area contributed by atoms with Crippen LogP contribution < -0.4 is 10.4 Å². The normalized spacial score (nSPS) is 11.8. The number of halogens is 3. The Hall–Kier alpha value is -2.76. The number of fused-ring (bicyclic) bond motifs is 1. The third kappa shape index (κ3) is 4.69. The van der Waals surface area contributed by atoms with E-state index in [1.54, 1.807) is 31.2 Å². The summed E-state index contributed by atoms with van der Waals surface area (Å²) in [6.07, 6.45) is 1.34. The van der Waals surface area contributed by atoms with E-state index in [0.717, 1.165) is 18.1 Å². The van der Waals surface area contributed by atoms with Crippen LogP contribution in [0.4, 0.5) is 13.2 Å². The van der Waals surface area contributed by atoms with Crippen LogP contribution in [0.2, 0.25) is 0 Å². The van der Waals surface area contributed by atoms with E-state index < -0.39 is 29.5 Å². The fourth-order valence-corrected chi connectivity index (χ4v) is 3.53. The lowest BCUT2D eigenvalue weighted by Crippen LogP contribution is -2.21. The van der Waals surface area contributed by atoms with Gasteiger partial charge in [-0.3, -0.25) is 0 Å². The van der Waals surface area contributed by atoms with Crippen molar-refractivity contribution in [1.29, 1.82) is 0 Å². The van der Waals surface area contributed by atoms with E-state index in [-0.39, 0.29) is 35.1 Å². The SMILES string of the molecule is CCCCc1c(C(F)(F)CCc2ccccc2)oc(=O)c2cc(F)c(OCC)cc12. The molecule has 0 N–H and O–H groups in total. The van der Waals surface area contributed by atoms with Gasteiger partial charge in [0.25, 0.3) is 0 Å². The van der Waals surface area contributed by atoms with Gasteiger partial charge in [-0.05, 0) is 49.3 Å². The van der Waals surface area contributed by atoms with Crippen LogP contribution in [0.3, 0.4) is 0 Å². The van der Waals surface area contributed by atoms with Crippen LogP contribution in [0.5, 0.6) is 5.75 Å². The van der Waals surface area contributed by atoms with Crippen LogP contribution in [0.15, 0.2) is 51.7 Å². The Bertz CT molecular complexity index is 1060. The number of hydrogen-bond donors (Lipinski definition) is 0. The van der Waals surface area contributed by atoms with Crippen molar-refractivity contribution >= 4 is 10.8 Å². The monoisotopic (exact) mass is 418 g/mol. The predicted octanol–water partition coefficient (Wildman–Crippen LogP) is 6.40. The highest BCUT2D eigenvalue weighted by Gasteiger charge is 2.38. The molecule has 3 nitrogen and oxygen atoms in total. The lowest BCUT2D eigenvalue weighted by atomic mass is 9.95. The summed E-state index contributed by atoms with van der Waals surface area (Å²) in [5.74, 6) is -4.75. The molecule has 0 fully saturated rings. The minimum Gasteiger partial charge on any atom is -0.491 e. The van der Waals surface area contributed by atoms with Gasteiger partial charge in [0, 0.05) is 12.0 Å². The molecule has 1 heterocycles. The number of hydrogen-bond acceptors (Lipinski definition) is 3. The number of rotatable bonds is 9. The van der Waals surface area contributed by atoms with Gasteiger partial charge in [-0.25, -0.2) is 9.18 Å². The van der Waals surface area contributed by atoms with Gasteiger partial charge in [-0.2, -0.15) is 8.78 Å². The van der Waals surface area contributed by atoms with Gasteiger partial charge in [0.05, 0.1) is 12.0 Å². The van der Waals surface area contributed by atoms with Crippen molar-refractivity contribution in [2.75, 3.05) is 6.61 Å². The van der Waals surface area contributed by atoms with Crippen molar-refractivity contribution in [1.82, 2.24) is 0 Å². The zero-order valence-corrected chi connectivity index (χ0v) is 17.1. The molecule has 1 aromatic heterocycles. The van der Waals surface area contributed by atoms with E-state index in [1.165, 1.54) is 6.07 Å². The van der Waals surface area contributed by atoms with Crippen molar-refractivity contribution < 1.29 is 22.3 Å². The Morgan fingerprint density at radius 3 is 2.43 bits per heavy atom. The van der Waals surface area contributed by atoms with Crippen molar-refractivity contribution in [3.63, 3.8) is 0 Å². The molecule has 0 aliphatic rings. The second-order valence-electron chi connectivity index (χ2n) is 7.25. The fourth-order valence-electron chi connectivity index (χ4n) is 3.53. The third-order valence-electron chi connectivity index (χ3n) is 5.07. The highest BCUT2D eigenvalue weighted by molar-refractivity contribution is 5.86. The van der Waals surface area contributed by atoms with Crippen molar-refractivity contribution in [2.24, 2.45) is 0 Å². The van der Waals surface area contributed by atoms with Gasteiger partial charge in [-0.1, -0.05) is 43.7 Å². The van der Waals surface area contributed by atoms with E-state index in [0.29, 0.717) is 12.8 Å². The van der Waals surface area contributed by atoms with E-state index in [4.69, 9.17) is 9.15 Å². The van der Waals surface area contributed by atoms with Gasteiger partial charge in [0.1, 0.15) is 0 Å². The maximum absolute atomic E-state index is 15.2. The van der Waals surface area contributed by atoms with Crippen LogP contribution >= 0.6 is 0 Å². The minimum absolute atomic E-state index is 0.0512. The van der Waals surface area contributed by atoms with Gasteiger partial charge < -0.3 is 9.15 Å². The zero-order valence-electron chi connectivity index (χ0n) is 17.1. The molecule has 30 heavy (non-hydrogen) atoms. The average Bonchev–Trinajstić information content (AvgIpc) is 2.73. The Kier molecular flexibility index (Phi) is 6.85. The molecule has 0 saturated heterocycles. The van der Waals surface area contributed by atoms with Crippen LogP contribution in [0.1, 0.15) is 50.0 Å². The van der Waals surface area contributed by atoms with Gasteiger partial charge in [-0.15, -0.1) is 0 Å². The highest BCUT2D eigenvalue weighted by atomic mass is 19.3. The molecule has 0 aliphatic heterocycles. The molecule has 0 spiro atoms. The first-order valence-corrected chi connectivity index (χ1v) is 10.2. The predicted molar refractivity (Wildman–Crippen MR) is 111 cm³/mol. The summed E-state index contributed by atoms with van der Waals surface area (Å²) < 4.78 is 55.1. The topological polar surface area (TPSA) is 39.4 Å². The van der Waals surface area contributed by atoms with Gasteiger partial charge in [0.2, 0.25) is 0 Å². The lowest BCUT2D eigenvalue weighted by molar-refractivity contribution is -0.0371. The van der Waals surface area contributed by atoms with Crippen LogP contribution in [0.25, 0.3) is 10.8 Å². The minimum atomic E-state index is -3.34. The lowest BCUT2D eigenvalue weighted by Gasteiger charge is -2.20. The van der Waals surface area contributed by atoms with E-state index in [1.807, 2.05) is 13.0 Å². The summed E-state index contributed by atoms with van der Waals surface area (Å²) >= 11 is 0. The summed E-state index contributed by atoms with van der Waals surface area (Å²) in [7, 11) is 0. The zero-order chi connectivity index (χ0) is 21.7. The Labute approximate surface area is 173 Å². The van der Waals surface area contributed by atoms with Crippen LogP contribution in [0, 0.1) is 5.82 Å². The van der Waals surface area contributed by atoms with Crippen LogP contribution in [-0.4, -0.2) is 6.61 Å². The molecule has 160 valence electrons. The maximum Gasteiger partial charge on any atom is 0.344 e. The summed E-state index contributed by atoms with van der Waals surface area (Å²) in [6, 6.07) is 11.3. The molecule has 0 atom stereocenters. The van der Waals surface area contributed by atoms with Gasteiger partial charge in [0.15, 0.2) is 17.3 Å². The molecule has 0 amide bonds. The standard InChI is InChI=1S/C24H25F3O3/c1-3-5-11-17-18-15-21(29-4-2)20(25)14-19(18)23(28)30-22(17)24(26,27)13-12-16-9-7-6-8-10-16/h6-10,14-15H,3-5,11-13H2,1-2H3. The molecule has 0 aliphatic carbocycles. The number of aryl methyl sites for hydroxylation is 2. The van der Waals surface area contributed by atoms with E-state index in [2.05, 4.69) is 0 Å². The van der Waals surface area contributed by atoms with Gasteiger partial charge >= 0.3 is 11.5 Å². The van der Waals surface area contributed by atoms with E-state index in [9.17, 15) is 9.18 Å². The molecule has 6 heteroatoms. The molecule has 3 rings (SSSR count). The smallest absolute Gasteiger partial charge is 0.344 e. The quantitative estimate of drug-likeness (QED) is 0.404.